The van der Waals surface area contributed by atoms with Crippen LogP contribution in [0.15, 0.2) is 96.7 Å². The maximum Gasteiger partial charge on any atom is 0.271 e. The Morgan fingerprint density at radius 2 is 1.59 bits per heavy atom. The molecule has 10 heteroatoms. The molecule has 3 aliphatic heterocycles. The summed E-state index contributed by atoms with van der Waals surface area (Å²) in [5.41, 5.74) is 1.43. The van der Waals surface area contributed by atoms with Crippen LogP contribution >= 0.6 is 11.6 Å². The predicted molar refractivity (Wildman–Crippen MR) is 150 cm³/mol. The highest BCUT2D eigenvalue weighted by Gasteiger charge is 2.63. The van der Waals surface area contributed by atoms with Gasteiger partial charge in [0.25, 0.3) is 5.69 Å². The molecule has 0 aromatic heterocycles. The lowest BCUT2D eigenvalue weighted by Crippen LogP contribution is -2.46. The van der Waals surface area contributed by atoms with Gasteiger partial charge in [0.2, 0.25) is 11.8 Å². The molecule has 0 spiro atoms. The molecule has 0 radical (unpaired) electrons. The number of aryl methyl sites for hydroxylation is 1. The summed E-state index contributed by atoms with van der Waals surface area (Å²) in [6.07, 6.45) is 4.82. The van der Waals surface area contributed by atoms with E-state index in [-0.39, 0.29) is 22.9 Å². The van der Waals surface area contributed by atoms with Gasteiger partial charge in [-0.2, -0.15) is 0 Å². The van der Waals surface area contributed by atoms with Gasteiger partial charge in [-0.05, 0) is 42.8 Å². The normalized spacial score (nSPS) is 22.8. The molecule has 6 rings (SSSR count). The first-order valence-electron chi connectivity index (χ1n) is 12.9. The Kier molecular flexibility index (Phi) is 6.38. The van der Waals surface area contributed by atoms with Gasteiger partial charge in [-0.15, -0.1) is 0 Å². The zero-order chi connectivity index (χ0) is 29.0. The Hall–Kier alpha value is -4.89. The van der Waals surface area contributed by atoms with Crippen molar-refractivity contribution in [3.05, 3.63) is 129 Å². The number of allylic oxidation sites excluding steroid dienone is 2. The van der Waals surface area contributed by atoms with E-state index in [1.165, 1.54) is 18.2 Å². The van der Waals surface area contributed by atoms with Gasteiger partial charge < -0.3 is 4.90 Å². The van der Waals surface area contributed by atoms with Crippen molar-refractivity contribution in [3.63, 3.8) is 0 Å². The number of fused-ring (bicyclic) bond motifs is 3. The third kappa shape index (κ3) is 4.25. The molecule has 4 atom stereocenters. The van der Waals surface area contributed by atoms with Crippen molar-refractivity contribution in [3.8, 4) is 0 Å². The second kappa shape index (κ2) is 9.94. The van der Waals surface area contributed by atoms with Crippen molar-refractivity contribution in [1.29, 1.82) is 0 Å². The summed E-state index contributed by atoms with van der Waals surface area (Å²) >= 11 is 6.03. The van der Waals surface area contributed by atoms with E-state index in [2.05, 4.69) is 0 Å². The van der Waals surface area contributed by atoms with Crippen LogP contribution in [-0.2, 0) is 9.59 Å². The standard InChI is InChI=1S/C31H22ClN3O6/c1-17-7-12-22(35(40)41)16-23(17)34-30(38)25-24-15-20(28(36)18-5-3-2-4-6-18)13-14-33(24)27(26(25)31(34)39)29(37)19-8-10-21(32)11-9-19/h2-16,24-27H,1H3/t24-,25+,26+,27-/m1/s1. The minimum Gasteiger partial charge on any atom is -0.359 e. The third-order valence-corrected chi connectivity index (χ3v) is 8.14. The smallest absolute Gasteiger partial charge is 0.271 e. The second-order valence-corrected chi connectivity index (χ2v) is 10.6. The van der Waals surface area contributed by atoms with Crippen molar-refractivity contribution in [2.24, 2.45) is 11.8 Å². The summed E-state index contributed by atoms with van der Waals surface area (Å²) in [6.45, 7) is 1.65. The van der Waals surface area contributed by atoms with E-state index < -0.39 is 40.7 Å². The van der Waals surface area contributed by atoms with Crippen LogP contribution in [0.5, 0.6) is 0 Å². The maximum absolute atomic E-state index is 14.0. The summed E-state index contributed by atoms with van der Waals surface area (Å²) in [5, 5.41) is 11.9. The number of non-ortho nitro benzene ring substituents is 1. The molecule has 2 saturated heterocycles. The van der Waals surface area contributed by atoms with E-state index in [1.54, 1.807) is 84.8 Å². The van der Waals surface area contributed by atoms with Crippen LogP contribution in [0.2, 0.25) is 5.02 Å². The van der Waals surface area contributed by atoms with Crippen LogP contribution in [0.1, 0.15) is 26.3 Å². The average molecular weight is 568 g/mol. The van der Waals surface area contributed by atoms with Crippen LogP contribution < -0.4 is 4.90 Å². The number of hydrogen-bond donors (Lipinski definition) is 0. The number of hydrogen-bond acceptors (Lipinski definition) is 7. The number of imide groups is 1. The molecule has 3 heterocycles. The number of anilines is 1. The Labute approximate surface area is 239 Å². The highest BCUT2D eigenvalue weighted by Crippen LogP contribution is 2.48. The molecule has 0 aliphatic carbocycles. The molecule has 3 aromatic carbocycles. The van der Waals surface area contributed by atoms with Crippen LogP contribution in [-0.4, -0.2) is 45.3 Å². The third-order valence-electron chi connectivity index (χ3n) is 7.89. The van der Waals surface area contributed by atoms with Crippen LogP contribution in [0, 0.1) is 28.9 Å². The first-order chi connectivity index (χ1) is 19.7. The number of halogens is 1. The molecule has 0 bridgehead atoms. The van der Waals surface area contributed by atoms with Crippen molar-refractivity contribution >= 4 is 46.4 Å². The lowest BCUT2D eigenvalue weighted by atomic mass is 9.85. The van der Waals surface area contributed by atoms with Crippen LogP contribution in [0.3, 0.4) is 0 Å². The van der Waals surface area contributed by atoms with Crippen molar-refractivity contribution < 1.29 is 24.1 Å². The average Bonchev–Trinajstić information content (AvgIpc) is 3.44. The highest BCUT2D eigenvalue weighted by atomic mass is 35.5. The highest BCUT2D eigenvalue weighted by molar-refractivity contribution is 6.30. The number of carbonyl (C=O) groups is 4. The van der Waals surface area contributed by atoms with Crippen molar-refractivity contribution in [1.82, 2.24) is 4.90 Å². The maximum atomic E-state index is 14.0. The van der Waals surface area contributed by atoms with Gasteiger partial charge >= 0.3 is 0 Å². The van der Waals surface area contributed by atoms with E-state index in [1.807, 2.05) is 0 Å². The fraction of sp³-hybridized carbons (Fsp3) is 0.161. The van der Waals surface area contributed by atoms with Gasteiger partial charge in [-0.25, -0.2) is 4.90 Å². The van der Waals surface area contributed by atoms with Gasteiger partial charge in [-0.1, -0.05) is 54.1 Å². The number of ketones is 2. The van der Waals surface area contributed by atoms with Gasteiger partial charge in [0.1, 0.15) is 6.04 Å². The molecule has 0 saturated carbocycles. The lowest BCUT2D eigenvalue weighted by Gasteiger charge is -2.33. The van der Waals surface area contributed by atoms with E-state index in [4.69, 9.17) is 11.6 Å². The zero-order valence-corrected chi connectivity index (χ0v) is 22.4. The lowest BCUT2D eigenvalue weighted by molar-refractivity contribution is -0.384. The van der Waals surface area contributed by atoms with Gasteiger partial charge in [0, 0.05) is 40.1 Å². The quantitative estimate of drug-likeness (QED) is 0.179. The minimum atomic E-state index is -1.08. The van der Waals surface area contributed by atoms with E-state index in [0.717, 1.165) is 4.90 Å². The Morgan fingerprint density at radius 3 is 2.27 bits per heavy atom. The fourth-order valence-corrected chi connectivity index (χ4v) is 6.05. The molecule has 204 valence electrons. The number of nitro benzene ring substituents is 1. The number of nitrogens with zero attached hydrogens (tertiary/aromatic N) is 3. The molecule has 2 amide bonds. The van der Waals surface area contributed by atoms with E-state index >= 15 is 0 Å². The summed E-state index contributed by atoms with van der Waals surface area (Å²) in [5.74, 6) is -3.92. The minimum absolute atomic E-state index is 0.101. The molecule has 0 N–H and O–H groups in total. The Bertz CT molecular complexity index is 1700. The number of amides is 2. The Balaban J connectivity index is 1.45. The topological polar surface area (TPSA) is 118 Å². The molecule has 3 aromatic rings. The molecular weight excluding hydrogens is 546 g/mol. The first-order valence-corrected chi connectivity index (χ1v) is 13.2. The second-order valence-electron chi connectivity index (χ2n) is 10.2. The van der Waals surface area contributed by atoms with Gasteiger partial charge in [-0.3, -0.25) is 29.3 Å². The molecule has 3 aliphatic rings. The molecule has 2 fully saturated rings. The predicted octanol–water partition coefficient (Wildman–Crippen LogP) is 4.93. The number of rotatable bonds is 6. The molecular formula is C31H22ClN3O6. The number of carbonyl (C=O) groups excluding carboxylic acids is 4. The van der Waals surface area contributed by atoms with E-state index in [9.17, 15) is 29.3 Å². The molecule has 9 nitrogen and oxygen atoms in total. The van der Waals surface area contributed by atoms with Crippen molar-refractivity contribution in [2.45, 2.75) is 19.0 Å². The summed E-state index contributed by atoms with van der Waals surface area (Å²) in [6, 6.07) is 17.1. The van der Waals surface area contributed by atoms with Gasteiger partial charge in [0.05, 0.1) is 28.5 Å². The zero-order valence-electron chi connectivity index (χ0n) is 21.6. The summed E-state index contributed by atoms with van der Waals surface area (Å²) in [7, 11) is 0. The van der Waals surface area contributed by atoms with Crippen LogP contribution in [0.25, 0.3) is 0 Å². The van der Waals surface area contributed by atoms with Crippen molar-refractivity contribution in [2.75, 3.05) is 4.90 Å². The largest absolute Gasteiger partial charge is 0.359 e. The first kappa shape index (κ1) is 26.3. The Morgan fingerprint density at radius 1 is 0.902 bits per heavy atom. The molecule has 0 unspecified atom stereocenters. The fourth-order valence-electron chi connectivity index (χ4n) is 5.93. The SMILES string of the molecule is Cc1ccc([N+](=O)[O-])cc1N1C(=O)[C@@H]2[C@H](C1=O)[C@H](C(=O)c1ccc(Cl)cc1)N1C=CC(C(=O)c3ccccc3)=C[C@H]21. The molecule has 41 heavy (non-hydrogen) atoms. The monoisotopic (exact) mass is 567 g/mol. The summed E-state index contributed by atoms with van der Waals surface area (Å²) in [4.78, 5) is 68.8. The number of Topliss-reactive ketones (excluding diaryl/α,β-unsaturated/α-hetero) is 2. The van der Waals surface area contributed by atoms with Gasteiger partial charge in [0.15, 0.2) is 11.6 Å². The van der Waals surface area contributed by atoms with E-state index in [0.29, 0.717) is 27.3 Å². The number of nitro groups is 1. The van der Waals surface area contributed by atoms with Crippen LogP contribution in [0.4, 0.5) is 11.4 Å². The number of benzene rings is 3. The summed E-state index contributed by atoms with van der Waals surface area (Å²) < 4.78 is 0.